The average molecular weight is 260 g/mol. The second-order valence-corrected chi connectivity index (χ2v) is 4.25. The third-order valence-electron chi connectivity index (χ3n) is 2.83. The smallest absolute Gasteiger partial charge is 0.303 e. The molecule has 5 heteroatoms. The Hall–Kier alpha value is -2.30. The number of nitrogens with zero attached hydrogens (tertiary/aromatic N) is 2. The molecule has 4 nitrogen and oxygen atoms in total. The minimum atomic E-state index is -0.870. The number of halogens is 1. The Morgan fingerprint density at radius 1 is 1.42 bits per heavy atom. The summed E-state index contributed by atoms with van der Waals surface area (Å²) in [5.74, 6) is -1.14. The predicted octanol–water partition coefficient (Wildman–Crippen LogP) is 2.61. The summed E-state index contributed by atoms with van der Waals surface area (Å²) in [4.78, 5) is 18.7. The van der Waals surface area contributed by atoms with Gasteiger partial charge >= 0.3 is 5.97 Å². The summed E-state index contributed by atoms with van der Waals surface area (Å²) in [6.45, 7) is 1.68. The number of aromatic nitrogens is 2. The Labute approximate surface area is 110 Å². The number of carboxylic acid groups (broad SMARTS) is 1. The molecule has 0 atom stereocenters. The summed E-state index contributed by atoms with van der Waals surface area (Å²) in [6.07, 6.45) is 3.37. The maximum absolute atomic E-state index is 13.3. The van der Waals surface area contributed by atoms with Crippen molar-refractivity contribution in [3.8, 4) is 11.3 Å². The van der Waals surface area contributed by atoms with Gasteiger partial charge in [0.05, 0.1) is 5.69 Å². The first-order valence-electron chi connectivity index (χ1n) is 5.85. The largest absolute Gasteiger partial charge is 0.481 e. The number of aliphatic carboxylic acids is 1. The van der Waals surface area contributed by atoms with Crippen LogP contribution in [0, 0.1) is 12.7 Å². The highest BCUT2D eigenvalue weighted by Gasteiger charge is 2.10. The van der Waals surface area contributed by atoms with Crippen LogP contribution in [0.3, 0.4) is 0 Å². The first-order valence-corrected chi connectivity index (χ1v) is 5.85. The molecule has 0 aliphatic heterocycles. The number of benzene rings is 1. The Bertz CT molecular complexity index is 614. The zero-order chi connectivity index (χ0) is 13.8. The predicted molar refractivity (Wildman–Crippen MR) is 68.1 cm³/mol. The molecule has 0 amide bonds. The quantitative estimate of drug-likeness (QED) is 0.917. The van der Waals surface area contributed by atoms with Crippen molar-refractivity contribution in [2.24, 2.45) is 0 Å². The van der Waals surface area contributed by atoms with Gasteiger partial charge in [0.25, 0.3) is 0 Å². The monoisotopic (exact) mass is 260 g/mol. The molecular formula is C14H13FN2O2. The van der Waals surface area contributed by atoms with Gasteiger partial charge in [0.15, 0.2) is 0 Å². The SMILES string of the molecule is Cc1cc(-c2ncncc2CCC(=O)O)ccc1F. The van der Waals surface area contributed by atoms with Crippen LogP contribution in [0.25, 0.3) is 11.3 Å². The lowest BCUT2D eigenvalue weighted by molar-refractivity contribution is -0.136. The van der Waals surface area contributed by atoms with E-state index < -0.39 is 5.97 Å². The highest BCUT2D eigenvalue weighted by atomic mass is 19.1. The number of carbonyl (C=O) groups is 1. The Morgan fingerprint density at radius 2 is 2.21 bits per heavy atom. The minimum Gasteiger partial charge on any atom is -0.481 e. The van der Waals surface area contributed by atoms with E-state index in [1.807, 2.05) is 0 Å². The molecule has 0 saturated carbocycles. The van der Waals surface area contributed by atoms with Gasteiger partial charge in [-0.1, -0.05) is 0 Å². The second-order valence-electron chi connectivity index (χ2n) is 4.25. The zero-order valence-electron chi connectivity index (χ0n) is 10.4. The van der Waals surface area contributed by atoms with Crippen LogP contribution in [0.1, 0.15) is 17.5 Å². The van der Waals surface area contributed by atoms with Gasteiger partial charge in [-0.15, -0.1) is 0 Å². The molecule has 0 saturated heterocycles. The van der Waals surface area contributed by atoms with E-state index in [-0.39, 0.29) is 12.2 Å². The third kappa shape index (κ3) is 3.13. The van der Waals surface area contributed by atoms with E-state index in [2.05, 4.69) is 9.97 Å². The van der Waals surface area contributed by atoms with Gasteiger partial charge < -0.3 is 5.11 Å². The molecule has 0 radical (unpaired) electrons. The van der Waals surface area contributed by atoms with E-state index in [0.29, 0.717) is 17.7 Å². The molecule has 1 heterocycles. The van der Waals surface area contributed by atoms with E-state index in [4.69, 9.17) is 5.11 Å². The highest BCUT2D eigenvalue weighted by Crippen LogP contribution is 2.23. The fourth-order valence-electron chi connectivity index (χ4n) is 1.83. The van der Waals surface area contributed by atoms with E-state index >= 15 is 0 Å². The standard InChI is InChI=1S/C14H13FN2O2/c1-9-6-10(2-4-12(9)15)14-11(3-5-13(18)19)7-16-8-17-14/h2,4,6-8H,3,5H2,1H3,(H,18,19). The maximum Gasteiger partial charge on any atom is 0.303 e. The lowest BCUT2D eigenvalue weighted by atomic mass is 10.0. The fourth-order valence-corrected chi connectivity index (χ4v) is 1.83. The van der Waals surface area contributed by atoms with Crippen molar-refractivity contribution in [2.75, 3.05) is 0 Å². The van der Waals surface area contributed by atoms with E-state index in [0.717, 1.165) is 11.1 Å². The van der Waals surface area contributed by atoms with Crippen molar-refractivity contribution in [1.29, 1.82) is 0 Å². The Balaban J connectivity index is 2.38. The molecule has 1 aromatic carbocycles. The van der Waals surface area contributed by atoms with Crippen LogP contribution in [0.4, 0.5) is 4.39 Å². The summed E-state index contributed by atoms with van der Waals surface area (Å²) >= 11 is 0. The minimum absolute atomic E-state index is 0.0144. The number of hydrogen-bond acceptors (Lipinski definition) is 3. The van der Waals surface area contributed by atoms with E-state index in [1.54, 1.807) is 25.3 Å². The summed E-state index contributed by atoms with van der Waals surface area (Å²) in [6, 6.07) is 4.71. The summed E-state index contributed by atoms with van der Waals surface area (Å²) in [7, 11) is 0. The maximum atomic E-state index is 13.3. The van der Waals surface area contributed by atoms with E-state index in [9.17, 15) is 9.18 Å². The van der Waals surface area contributed by atoms with Crippen LogP contribution in [0.5, 0.6) is 0 Å². The average Bonchev–Trinajstić information content (AvgIpc) is 2.40. The van der Waals surface area contributed by atoms with Crippen molar-refractivity contribution in [3.05, 3.63) is 47.7 Å². The van der Waals surface area contributed by atoms with Crippen LogP contribution >= 0.6 is 0 Å². The van der Waals surface area contributed by atoms with Gasteiger partial charge in [-0.05, 0) is 42.7 Å². The molecule has 0 aliphatic rings. The van der Waals surface area contributed by atoms with Gasteiger partial charge in [0, 0.05) is 18.2 Å². The molecule has 98 valence electrons. The number of carboxylic acids is 1. The zero-order valence-corrected chi connectivity index (χ0v) is 10.4. The number of aryl methyl sites for hydroxylation is 2. The number of hydrogen-bond donors (Lipinski definition) is 1. The highest BCUT2D eigenvalue weighted by molar-refractivity contribution is 5.69. The summed E-state index contributed by atoms with van der Waals surface area (Å²) in [5, 5.41) is 8.73. The van der Waals surface area contributed by atoms with Crippen molar-refractivity contribution >= 4 is 5.97 Å². The molecule has 0 spiro atoms. The molecule has 0 unspecified atom stereocenters. The van der Waals surface area contributed by atoms with Gasteiger partial charge in [-0.2, -0.15) is 0 Å². The van der Waals surface area contributed by atoms with Gasteiger partial charge in [-0.3, -0.25) is 4.79 Å². The molecule has 1 N–H and O–H groups in total. The lowest BCUT2D eigenvalue weighted by Gasteiger charge is -2.08. The Morgan fingerprint density at radius 3 is 2.89 bits per heavy atom. The molecule has 0 aliphatic carbocycles. The fraction of sp³-hybridized carbons (Fsp3) is 0.214. The molecule has 2 aromatic rings. The van der Waals surface area contributed by atoms with Crippen LogP contribution in [-0.4, -0.2) is 21.0 Å². The number of rotatable bonds is 4. The molecule has 19 heavy (non-hydrogen) atoms. The van der Waals surface area contributed by atoms with Crippen LogP contribution < -0.4 is 0 Å². The summed E-state index contributed by atoms with van der Waals surface area (Å²) < 4.78 is 13.3. The third-order valence-corrected chi connectivity index (χ3v) is 2.83. The normalized spacial score (nSPS) is 10.4. The van der Waals surface area contributed by atoms with Crippen molar-refractivity contribution in [2.45, 2.75) is 19.8 Å². The molecular weight excluding hydrogens is 247 g/mol. The van der Waals surface area contributed by atoms with Gasteiger partial charge in [0.2, 0.25) is 0 Å². The van der Waals surface area contributed by atoms with Crippen LogP contribution in [-0.2, 0) is 11.2 Å². The topological polar surface area (TPSA) is 63.1 Å². The molecule has 2 rings (SSSR count). The van der Waals surface area contributed by atoms with Crippen molar-refractivity contribution < 1.29 is 14.3 Å². The Kier molecular flexibility index (Phi) is 3.85. The second kappa shape index (κ2) is 5.56. The first kappa shape index (κ1) is 13.1. The van der Waals surface area contributed by atoms with Crippen LogP contribution in [0.15, 0.2) is 30.7 Å². The lowest BCUT2D eigenvalue weighted by Crippen LogP contribution is -2.01. The van der Waals surface area contributed by atoms with Crippen molar-refractivity contribution in [1.82, 2.24) is 9.97 Å². The molecule has 0 bridgehead atoms. The van der Waals surface area contributed by atoms with Gasteiger partial charge in [0.1, 0.15) is 12.1 Å². The molecule has 1 aromatic heterocycles. The summed E-state index contributed by atoms with van der Waals surface area (Å²) in [5.41, 5.74) is 2.69. The van der Waals surface area contributed by atoms with E-state index in [1.165, 1.54) is 12.4 Å². The van der Waals surface area contributed by atoms with Gasteiger partial charge in [-0.25, -0.2) is 14.4 Å². The first-order chi connectivity index (χ1) is 9.08. The van der Waals surface area contributed by atoms with Crippen molar-refractivity contribution in [3.63, 3.8) is 0 Å². The molecule has 0 fully saturated rings. The van der Waals surface area contributed by atoms with Crippen LogP contribution in [0.2, 0.25) is 0 Å².